The van der Waals surface area contributed by atoms with Crippen LogP contribution < -0.4 is 5.32 Å². The van der Waals surface area contributed by atoms with Crippen molar-refractivity contribution in [3.8, 4) is 5.69 Å². The van der Waals surface area contributed by atoms with Gasteiger partial charge in [0, 0.05) is 9.99 Å². The number of carbonyl (C=O) groups excluding carboxylic acids is 1. The van der Waals surface area contributed by atoms with Crippen LogP contribution in [-0.2, 0) is 17.6 Å². The average Bonchev–Trinajstić information content (AvgIpc) is 2.86. The topological polar surface area (TPSA) is 59.8 Å². The molecule has 0 aliphatic carbocycles. The molecule has 0 spiro atoms. The summed E-state index contributed by atoms with van der Waals surface area (Å²) in [4.78, 5) is 12.2. The lowest BCUT2D eigenvalue weighted by Gasteiger charge is -2.07. The molecule has 0 unspecified atom stereocenters. The van der Waals surface area contributed by atoms with Gasteiger partial charge in [-0.1, -0.05) is 35.5 Å². The molecule has 23 heavy (non-hydrogen) atoms. The van der Waals surface area contributed by atoms with Crippen LogP contribution in [0.25, 0.3) is 5.69 Å². The Kier molecular flexibility index (Phi) is 3.60. The summed E-state index contributed by atoms with van der Waals surface area (Å²) >= 11 is 2.25. The fourth-order valence-electron chi connectivity index (χ4n) is 2.76. The Morgan fingerprint density at radius 1 is 1.17 bits per heavy atom. The number of nitrogens with zero attached hydrogens (tertiary/aromatic N) is 3. The molecule has 0 saturated heterocycles. The molecule has 1 aromatic heterocycles. The van der Waals surface area contributed by atoms with E-state index in [0.29, 0.717) is 6.42 Å². The van der Waals surface area contributed by atoms with Crippen LogP contribution in [0.5, 0.6) is 0 Å². The number of rotatable bonds is 2. The van der Waals surface area contributed by atoms with E-state index in [0.717, 1.165) is 31.9 Å². The zero-order valence-electron chi connectivity index (χ0n) is 12.2. The highest BCUT2D eigenvalue weighted by atomic mass is 127. The first-order valence-electron chi connectivity index (χ1n) is 7.28. The van der Waals surface area contributed by atoms with E-state index in [-0.39, 0.29) is 12.3 Å². The Balaban J connectivity index is 1.82. The second kappa shape index (κ2) is 5.77. The van der Waals surface area contributed by atoms with Crippen molar-refractivity contribution in [1.29, 1.82) is 0 Å². The molecule has 4 rings (SSSR count). The maximum Gasteiger partial charge on any atom is 0.230 e. The number of aromatic nitrogens is 3. The van der Waals surface area contributed by atoms with E-state index in [1.54, 1.807) is 4.68 Å². The Hall–Kier alpha value is -2.22. The van der Waals surface area contributed by atoms with E-state index in [2.05, 4.69) is 50.4 Å². The third kappa shape index (κ3) is 2.74. The SMILES string of the molecule is O=C1Cc2c(Cc3ccccc3)nnn2-c2cc(I)ccc2N1. The molecule has 0 fully saturated rings. The van der Waals surface area contributed by atoms with Crippen LogP contribution in [0.4, 0.5) is 5.69 Å². The van der Waals surface area contributed by atoms with Gasteiger partial charge >= 0.3 is 0 Å². The van der Waals surface area contributed by atoms with Crippen molar-refractivity contribution >= 4 is 34.2 Å². The summed E-state index contributed by atoms with van der Waals surface area (Å²) in [5.74, 6) is -0.0391. The van der Waals surface area contributed by atoms with Crippen LogP contribution in [0.3, 0.4) is 0 Å². The Labute approximate surface area is 146 Å². The highest BCUT2D eigenvalue weighted by molar-refractivity contribution is 14.1. The molecule has 2 aromatic carbocycles. The predicted octanol–water partition coefficient (Wildman–Crippen LogP) is 2.96. The van der Waals surface area contributed by atoms with Crippen molar-refractivity contribution in [3.63, 3.8) is 0 Å². The minimum absolute atomic E-state index is 0.0391. The molecule has 1 amide bonds. The van der Waals surface area contributed by atoms with Crippen molar-refractivity contribution in [2.24, 2.45) is 0 Å². The quantitative estimate of drug-likeness (QED) is 0.654. The first-order valence-corrected chi connectivity index (χ1v) is 8.36. The smallest absolute Gasteiger partial charge is 0.230 e. The maximum atomic E-state index is 12.2. The van der Waals surface area contributed by atoms with Crippen LogP contribution >= 0.6 is 22.6 Å². The molecule has 1 aliphatic rings. The largest absolute Gasteiger partial charge is 0.324 e. The van der Waals surface area contributed by atoms with Crippen molar-refractivity contribution in [3.05, 3.63) is 69.1 Å². The lowest BCUT2D eigenvalue weighted by molar-refractivity contribution is -0.115. The molecule has 0 bridgehead atoms. The fourth-order valence-corrected chi connectivity index (χ4v) is 3.24. The summed E-state index contributed by atoms with van der Waals surface area (Å²) in [6.45, 7) is 0. The monoisotopic (exact) mass is 416 g/mol. The van der Waals surface area contributed by atoms with Crippen LogP contribution in [0.1, 0.15) is 17.0 Å². The summed E-state index contributed by atoms with van der Waals surface area (Å²) in [6.07, 6.45) is 0.948. The molecular weight excluding hydrogens is 403 g/mol. The van der Waals surface area contributed by atoms with Crippen LogP contribution in [-0.4, -0.2) is 20.9 Å². The molecule has 1 N–H and O–H groups in total. The molecule has 6 heteroatoms. The van der Waals surface area contributed by atoms with Gasteiger partial charge in [0.1, 0.15) is 0 Å². The van der Waals surface area contributed by atoms with Crippen LogP contribution in [0.2, 0.25) is 0 Å². The second-order valence-electron chi connectivity index (χ2n) is 5.44. The van der Waals surface area contributed by atoms with Gasteiger partial charge < -0.3 is 5.32 Å². The van der Waals surface area contributed by atoms with Crippen LogP contribution in [0.15, 0.2) is 48.5 Å². The molecule has 0 atom stereocenters. The normalized spacial score (nSPS) is 13.0. The number of fused-ring (bicyclic) bond motifs is 3. The molecule has 1 aliphatic heterocycles. The number of anilines is 1. The van der Waals surface area contributed by atoms with Gasteiger partial charge in [0.25, 0.3) is 0 Å². The molecule has 2 heterocycles. The first-order chi connectivity index (χ1) is 11.2. The molecule has 3 aromatic rings. The third-order valence-electron chi connectivity index (χ3n) is 3.85. The van der Waals surface area contributed by atoms with Crippen molar-refractivity contribution in [1.82, 2.24) is 15.0 Å². The van der Waals surface area contributed by atoms with E-state index in [4.69, 9.17) is 0 Å². The van der Waals surface area contributed by atoms with Gasteiger partial charge in [-0.3, -0.25) is 4.79 Å². The zero-order valence-corrected chi connectivity index (χ0v) is 14.3. The summed E-state index contributed by atoms with van der Waals surface area (Å²) in [5.41, 5.74) is 4.49. The highest BCUT2D eigenvalue weighted by Gasteiger charge is 2.23. The van der Waals surface area contributed by atoms with Gasteiger partial charge in [-0.2, -0.15) is 0 Å². The van der Waals surface area contributed by atoms with E-state index in [9.17, 15) is 4.79 Å². The van der Waals surface area contributed by atoms with E-state index >= 15 is 0 Å². The summed E-state index contributed by atoms with van der Waals surface area (Å²) in [5, 5.41) is 11.6. The highest BCUT2D eigenvalue weighted by Crippen LogP contribution is 2.28. The second-order valence-corrected chi connectivity index (χ2v) is 6.69. The summed E-state index contributed by atoms with van der Waals surface area (Å²) < 4.78 is 2.87. The maximum absolute atomic E-state index is 12.2. The van der Waals surface area contributed by atoms with Gasteiger partial charge in [0.2, 0.25) is 5.91 Å². The number of hydrogen-bond acceptors (Lipinski definition) is 3. The van der Waals surface area contributed by atoms with E-state index < -0.39 is 0 Å². The average molecular weight is 416 g/mol. The molecular formula is C17H13IN4O. The minimum atomic E-state index is -0.0391. The number of carbonyl (C=O) groups is 1. The van der Waals surface area contributed by atoms with Crippen LogP contribution in [0, 0.1) is 3.57 Å². The fraction of sp³-hybridized carbons (Fsp3) is 0.118. The van der Waals surface area contributed by atoms with Gasteiger partial charge in [-0.05, 0) is 46.4 Å². The van der Waals surface area contributed by atoms with Gasteiger partial charge in [-0.15, -0.1) is 5.10 Å². The molecule has 0 saturated carbocycles. The zero-order chi connectivity index (χ0) is 15.8. The lowest BCUT2D eigenvalue weighted by Crippen LogP contribution is -2.13. The molecule has 114 valence electrons. The first kappa shape index (κ1) is 14.4. The summed E-state index contributed by atoms with van der Waals surface area (Å²) in [6, 6.07) is 16.0. The van der Waals surface area contributed by atoms with E-state index in [1.165, 1.54) is 0 Å². The van der Waals surface area contributed by atoms with E-state index in [1.807, 2.05) is 36.4 Å². The molecule has 0 radical (unpaired) electrons. The Bertz CT molecular complexity index is 889. The Morgan fingerprint density at radius 3 is 2.83 bits per heavy atom. The van der Waals surface area contributed by atoms with Crippen molar-refractivity contribution in [2.75, 3.05) is 5.32 Å². The number of benzene rings is 2. The summed E-state index contributed by atoms with van der Waals surface area (Å²) in [7, 11) is 0. The third-order valence-corrected chi connectivity index (χ3v) is 4.52. The standard InChI is InChI=1S/C17H13IN4O/c18-12-6-7-13-15(9-12)22-16(10-17(23)19-13)14(20-21-22)8-11-4-2-1-3-5-11/h1-7,9H,8,10H2,(H,19,23). The number of halogens is 1. The Morgan fingerprint density at radius 2 is 2.00 bits per heavy atom. The van der Waals surface area contributed by atoms with Crippen molar-refractivity contribution < 1.29 is 4.79 Å². The minimum Gasteiger partial charge on any atom is -0.324 e. The van der Waals surface area contributed by atoms with Gasteiger partial charge in [-0.25, -0.2) is 4.68 Å². The van der Waals surface area contributed by atoms with Gasteiger partial charge in [0.15, 0.2) is 0 Å². The number of amides is 1. The predicted molar refractivity (Wildman–Crippen MR) is 95.7 cm³/mol. The number of nitrogens with one attached hydrogen (secondary N) is 1. The molecule has 5 nitrogen and oxygen atoms in total. The van der Waals surface area contributed by atoms with Crippen molar-refractivity contribution in [2.45, 2.75) is 12.8 Å². The van der Waals surface area contributed by atoms with Gasteiger partial charge in [0.05, 0.1) is 29.2 Å². The lowest BCUT2D eigenvalue weighted by atomic mass is 10.1. The number of hydrogen-bond donors (Lipinski definition) is 1.